The predicted octanol–water partition coefficient (Wildman–Crippen LogP) is 2.94. The highest BCUT2D eigenvalue weighted by atomic mass is 16.4. The Kier molecular flexibility index (Phi) is 5.02. The molecule has 26 heavy (non-hydrogen) atoms. The van der Waals surface area contributed by atoms with Crippen LogP contribution in [0.2, 0.25) is 0 Å². The SMILES string of the molecule is CCc1ccccc1N1C[C@@H](C(=O)Nc2ccc(C(=O)O)cc2)CC1=O. The largest absolute Gasteiger partial charge is 0.478 e. The van der Waals surface area contributed by atoms with Crippen molar-refractivity contribution in [2.75, 3.05) is 16.8 Å². The highest BCUT2D eigenvalue weighted by molar-refractivity contribution is 6.04. The minimum absolute atomic E-state index is 0.0627. The van der Waals surface area contributed by atoms with Crippen LogP contribution in [0.5, 0.6) is 0 Å². The Morgan fingerprint density at radius 2 is 1.85 bits per heavy atom. The van der Waals surface area contributed by atoms with Crippen LogP contribution < -0.4 is 10.2 Å². The number of carbonyl (C=O) groups excluding carboxylic acids is 2. The van der Waals surface area contributed by atoms with Crippen molar-refractivity contribution in [1.82, 2.24) is 0 Å². The third kappa shape index (κ3) is 3.59. The summed E-state index contributed by atoms with van der Waals surface area (Å²) < 4.78 is 0. The molecule has 1 heterocycles. The Hall–Kier alpha value is -3.15. The number of amides is 2. The molecule has 3 rings (SSSR count). The molecule has 2 aromatic carbocycles. The molecule has 1 aliphatic rings. The molecule has 0 aliphatic carbocycles. The van der Waals surface area contributed by atoms with Gasteiger partial charge in [-0.25, -0.2) is 4.79 Å². The van der Waals surface area contributed by atoms with Crippen LogP contribution in [0.25, 0.3) is 0 Å². The van der Waals surface area contributed by atoms with Gasteiger partial charge in [-0.05, 0) is 42.3 Å². The molecule has 2 N–H and O–H groups in total. The number of anilines is 2. The number of rotatable bonds is 5. The molecule has 2 amide bonds. The fourth-order valence-corrected chi connectivity index (χ4v) is 3.13. The first-order valence-electron chi connectivity index (χ1n) is 8.52. The van der Waals surface area contributed by atoms with Crippen molar-refractivity contribution in [3.05, 3.63) is 59.7 Å². The third-order valence-electron chi connectivity index (χ3n) is 4.56. The van der Waals surface area contributed by atoms with Gasteiger partial charge in [0.25, 0.3) is 0 Å². The van der Waals surface area contributed by atoms with Crippen LogP contribution in [0.1, 0.15) is 29.3 Å². The second-order valence-electron chi connectivity index (χ2n) is 6.26. The van der Waals surface area contributed by atoms with E-state index in [4.69, 9.17) is 5.11 Å². The van der Waals surface area contributed by atoms with E-state index in [0.29, 0.717) is 12.2 Å². The summed E-state index contributed by atoms with van der Waals surface area (Å²) in [5, 5.41) is 11.7. The quantitative estimate of drug-likeness (QED) is 0.866. The zero-order valence-corrected chi connectivity index (χ0v) is 14.4. The van der Waals surface area contributed by atoms with Crippen molar-refractivity contribution in [2.45, 2.75) is 19.8 Å². The van der Waals surface area contributed by atoms with Crippen molar-refractivity contribution in [2.24, 2.45) is 5.92 Å². The summed E-state index contributed by atoms with van der Waals surface area (Å²) >= 11 is 0. The Morgan fingerprint density at radius 3 is 2.50 bits per heavy atom. The maximum absolute atomic E-state index is 12.5. The van der Waals surface area contributed by atoms with Gasteiger partial charge in [-0.2, -0.15) is 0 Å². The van der Waals surface area contributed by atoms with Gasteiger partial charge in [0.1, 0.15) is 0 Å². The predicted molar refractivity (Wildman–Crippen MR) is 98.3 cm³/mol. The van der Waals surface area contributed by atoms with E-state index < -0.39 is 11.9 Å². The molecule has 134 valence electrons. The fourth-order valence-electron chi connectivity index (χ4n) is 3.13. The molecular formula is C20H20N2O4. The second-order valence-corrected chi connectivity index (χ2v) is 6.26. The minimum atomic E-state index is -1.02. The molecule has 6 heteroatoms. The summed E-state index contributed by atoms with van der Waals surface area (Å²) in [7, 11) is 0. The van der Waals surface area contributed by atoms with Crippen LogP contribution in [0, 0.1) is 5.92 Å². The van der Waals surface area contributed by atoms with Crippen molar-refractivity contribution >= 4 is 29.2 Å². The summed E-state index contributed by atoms with van der Waals surface area (Å²) in [4.78, 5) is 37.5. The first kappa shape index (κ1) is 17.7. The maximum atomic E-state index is 12.5. The maximum Gasteiger partial charge on any atom is 0.335 e. The lowest BCUT2D eigenvalue weighted by molar-refractivity contribution is -0.122. The van der Waals surface area contributed by atoms with E-state index in [2.05, 4.69) is 5.32 Å². The standard InChI is InChI=1S/C20H20N2O4/c1-2-13-5-3-4-6-17(13)22-12-15(11-18(22)23)19(24)21-16-9-7-14(8-10-16)20(25)26/h3-10,15H,2,11-12H2,1H3,(H,21,24)(H,25,26)/t15-/m0/s1. The van der Waals surface area contributed by atoms with Crippen LogP contribution in [0.15, 0.2) is 48.5 Å². The Balaban J connectivity index is 1.70. The van der Waals surface area contributed by atoms with Crippen molar-refractivity contribution < 1.29 is 19.5 Å². The van der Waals surface area contributed by atoms with Crippen molar-refractivity contribution in [3.63, 3.8) is 0 Å². The normalized spacial score (nSPS) is 16.6. The Morgan fingerprint density at radius 1 is 1.15 bits per heavy atom. The molecule has 1 aliphatic heterocycles. The number of carboxylic acids is 1. The molecule has 6 nitrogen and oxygen atoms in total. The molecule has 1 atom stereocenters. The average Bonchev–Trinajstić information content (AvgIpc) is 3.04. The molecular weight excluding hydrogens is 332 g/mol. The van der Waals surface area contributed by atoms with Gasteiger partial charge in [-0.3, -0.25) is 9.59 Å². The molecule has 1 saturated heterocycles. The smallest absolute Gasteiger partial charge is 0.335 e. The van der Waals surface area contributed by atoms with Crippen LogP contribution in [-0.2, 0) is 16.0 Å². The number of nitrogens with zero attached hydrogens (tertiary/aromatic N) is 1. The van der Waals surface area contributed by atoms with Crippen molar-refractivity contribution in [1.29, 1.82) is 0 Å². The van der Waals surface area contributed by atoms with Crippen LogP contribution in [0.4, 0.5) is 11.4 Å². The molecule has 2 aromatic rings. The molecule has 0 aromatic heterocycles. The number of carbonyl (C=O) groups is 3. The van der Waals surface area contributed by atoms with Crippen LogP contribution >= 0.6 is 0 Å². The van der Waals surface area contributed by atoms with Gasteiger partial charge in [0.2, 0.25) is 11.8 Å². The molecule has 0 saturated carbocycles. The van der Waals surface area contributed by atoms with Gasteiger partial charge in [0.15, 0.2) is 0 Å². The number of hydrogen-bond acceptors (Lipinski definition) is 3. The zero-order valence-electron chi connectivity index (χ0n) is 14.4. The van der Waals surface area contributed by atoms with E-state index >= 15 is 0 Å². The lowest BCUT2D eigenvalue weighted by atomic mass is 10.1. The second kappa shape index (κ2) is 7.39. The van der Waals surface area contributed by atoms with E-state index in [1.54, 1.807) is 17.0 Å². The molecule has 0 radical (unpaired) electrons. The number of aromatic carboxylic acids is 1. The third-order valence-corrected chi connectivity index (χ3v) is 4.56. The lowest BCUT2D eigenvalue weighted by Crippen LogP contribution is -2.28. The van der Waals surface area contributed by atoms with E-state index in [-0.39, 0.29) is 23.8 Å². The van der Waals surface area contributed by atoms with E-state index in [1.165, 1.54) is 12.1 Å². The Bertz CT molecular complexity index is 845. The topological polar surface area (TPSA) is 86.7 Å². The molecule has 1 fully saturated rings. The lowest BCUT2D eigenvalue weighted by Gasteiger charge is -2.20. The number of benzene rings is 2. The number of carboxylic acid groups (broad SMARTS) is 1. The number of nitrogens with one attached hydrogen (secondary N) is 1. The number of para-hydroxylation sites is 1. The van der Waals surface area contributed by atoms with Gasteiger partial charge >= 0.3 is 5.97 Å². The zero-order chi connectivity index (χ0) is 18.7. The van der Waals surface area contributed by atoms with Gasteiger partial charge in [0, 0.05) is 24.3 Å². The van der Waals surface area contributed by atoms with E-state index in [1.807, 2.05) is 31.2 Å². The summed E-state index contributed by atoms with van der Waals surface area (Å²) in [6, 6.07) is 13.7. The van der Waals surface area contributed by atoms with Gasteiger partial charge in [-0.1, -0.05) is 25.1 Å². The molecule has 0 spiro atoms. The number of aryl methyl sites for hydroxylation is 1. The van der Waals surface area contributed by atoms with Crippen LogP contribution in [-0.4, -0.2) is 29.4 Å². The van der Waals surface area contributed by atoms with Crippen molar-refractivity contribution in [3.8, 4) is 0 Å². The summed E-state index contributed by atoms with van der Waals surface area (Å²) in [5.41, 5.74) is 2.61. The summed E-state index contributed by atoms with van der Waals surface area (Å²) in [5.74, 6) is -1.76. The van der Waals surface area contributed by atoms with Gasteiger partial charge in [-0.15, -0.1) is 0 Å². The van der Waals surface area contributed by atoms with E-state index in [0.717, 1.165) is 17.7 Å². The molecule has 0 bridgehead atoms. The first-order valence-corrected chi connectivity index (χ1v) is 8.52. The number of hydrogen-bond donors (Lipinski definition) is 2. The first-order chi connectivity index (χ1) is 12.5. The van der Waals surface area contributed by atoms with Gasteiger partial charge < -0.3 is 15.3 Å². The average molecular weight is 352 g/mol. The highest BCUT2D eigenvalue weighted by Gasteiger charge is 2.35. The van der Waals surface area contributed by atoms with Crippen LogP contribution in [0.3, 0.4) is 0 Å². The fraction of sp³-hybridized carbons (Fsp3) is 0.250. The Labute approximate surface area is 151 Å². The van der Waals surface area contributed by atoms with E-state index in [9.17, 15) is 14.4 Å². The minimum Gasteiger partial charge on any atom is -0.478 e. The summed E-state index contributed by atoms with van der Waals surface area (Å²) in [6.45, 7) is 2.37. The summed E-state index contributed by atoms with van der Waals surface area (Å²) in [6.07, 6.45) is 0.976. The highest BCUT2D eigenvalue weighted by Crippen LogP contribution is 2.29. The monoisotopic (exact) mass is 352 g/mol. The van der Waals surface area contributed by atoms with Gasteiger partial charge in [0.05, 0.1) is 11.5 Å². The molecule has 0 unspecified atom stereocenters.